The molecule has 0 heterocycles. The highest BCUT2D eigenvalue weighted by molar-refractivity contribution is 5.99. The van der Waals surface area contributed by atoms with Crippen LogP contribution in [0.1, 0.15) is 35.2 Å². The van der Waals surface area contributed by atoms with Gasteiger partial charge in [-0.2, -0.15) is 0 Å². The van der Waals surface area contributed by atoms with Crippen LogP contribution in [0.2, 0.25) is 0 Å². The molecule has 0 saturated heterocycles. The minimum Gasteiger partial charge on any atom is -0.384 e. The first-order valence-corrected chi connectivity index (χ1v) is 8.62. The van der Waals surface area contributed by atoms with E-state index in [0.717, 1.165) is 28.0 Å². The monoisotopic (exact) mass is 339 g/mol. The maximum Gasteiger partial charge on any atom is 0.104 e. The van der Waals surface area contributed by atoms with Gasteiger partial charge in [-0.05, 0) is 35.7 Å². The molecule has 0 unspecified atom stereocenters. The molecule has 3 rings (SSSR count). The highest BCUT2D eigenvalue weighted by Crippen LogP contribution is 2.26. The third-order valence-corrected chi connectivity index (χ3v) is 4.15. The molecule has 0 radical (unpaired) electrons. The number of hydrogen-bond donors (Lipinski definition) is 1. The normalized spacial score (nSPS) is 11.1. The largest absolute Gasteiger partial charge is 0.384 e. The molecule has 2 heteroatoms. The zero-order valence-corrected chi connectivity index (χ0v) is 14.8. The Balaban J connectivity index is 2.00. The lowest BCUT2D eigenvalue weighted by atomic mass is 9.98. The van der Waals surface area contributed by atoms with Crippen molar-refractivity contribution >= 4 is 5.71 Å². The summed E-state index contributed by atoms with van der Waals surface area (Å²) in [5, 5.41) is 8.88. The second-order valence-electron chi connectivity index (χ2n) is 5.98. The maximum atomic E-state index is 8.88. The summed E-state index contributed by atoms with van der Waals surface area (Å²) in [6, 6.07) is 28.5. The molecule has 0 bridgehead atoms. The van der Waals surface area contributed by atoms with Crippen LogP contribution in [0.3, 0.4) is 0 Å². The average Bonchev–Trinajstić information content (AvgIpc) is 2.72. The summed E-state index contributed by atoms with van der Waals surface area (Å²) in [7, 11) is 0. The molecule has 0 spiro atoms. The van der Waals surface area contributed by atoms with Crippen LogP contribution in [0.4, 0.5) is 0 Å². The van der Waals surface area contributed by atoms with E-state index in [4.69, 9.17) is 10.1 Å². The molecule has 3 aromatic rings. The highest BCUT2D eigenvalue weighted by Gasteiger charge is 2.13. The van der Waals surface area contributed by atoms with Gasteiger partial charge in [-0.25, -0.2) is 0 Å². The average molecular weight is 339 g/mol. The number of aliphatic imine (C=N–C) groups is 1. The summed E-state index contributed by atoms with van der Waals surface area (Å²) in [6.45, 7) is 1.89. The van der Waals surface area contributed by atoms with Crippen LogP contribution in [0.15, 0.2) is 89.9 Å². The molecule has 3 aromatic carbocycles. The lowest BCUT2D eigenvalue weighted by Crippen LogP contribution is -2.03. The van der Waals surface area contributed by atoms with Crippen LogP contribution in [-0.2, 0) is 0 Å². The number of aliphatic hydroxyl groups is 1. The Bertz CT molecular complexity index is 894. The summed E-state index contributed by atoms with van der Waals surface area (Å²) in [4.78, 5) is 5.03. The minimum absolute atomic E-state index is 0.0513. The van der Waals surface area contributed by atoms with E-state index in [0.29, 0.717) is 0 Å². The first-order valence-electron chi connectivity index (χ1n) is 8.62. The number of benzene rings is 3. The zero-order valence-electron chi connectivity index (χ0n) is 14.8. The van der Waals surface area contributed by atoms with Gasteiger partial charge in [0.05, 0.1) is 0 Å². The van der Waals surface area contributed by atoms with Crippen molar-refractivity contribution in [3.05, 3.63) is 107 Å². The Morgan fingerprint density at radius 1 is 0.885 bits per heavy atom. The van der Waals surface area contributed by atoms with Crippen molar-refractivity contribution < 1.29 is 5.11 Å². The van der Waals surface area contributed by atoms with Crippen molar-refractivity contribution in [1.82, 2.24) is 0 Å². The summed E-state index contributed by atoms with van der Waals surface area (Å²) < 4.78 is 0. The van der Waals surface area contributed by atoms with E-state index < -0.39 is 0 Å². The SMILES string of the molecule is CC(=NC(c1ccccc1)c1ccccc1)c1cccc(C#CCO)c1. The van der Waals surface area contributed by atoms with Gasteiger partial charge in [-0.1, -0.05) is 84.6 Å². The number of aliphatic hydroxyl groups excluding tert-OH is 1. The number of hydrogen-bond acceptors (Lipinski definition) is 2. The van der Waals surface area contributed by atoms with Gasteiger partial charge >= 0.3 is 0 Å². The van der Waals surface area contributed by atoms with E-state index in [-0.39, 0.29) is 12.6 Å². The third kappa shape index (κ3) is 4.47. The Kier molecular flexibility index (Phi) is 5.98. The molecule has 1 N–H and O–H groups in total. The zero-order chi connectivity index (χ0) is 18.2. The minimum atomic E-state index is -0.138. The van der Waals surface area contributed by atoms with Gasteiger partial charge in [0.2, 0.25) is 0 Å². The summed E-state index contributed by atoms with van der Waals surface area (Å²) >= 11 is 0. The predicted molar refractivity (Wildman–Crippen MR) is 107 cm³/mol. The van der Waals surface area contributed by atoms with Crippen LogP contribution in [0.5, 0.6) is 0 Å². The van der Waals surface area contributed by atoms with Crippen molar-refractivity contribution in [2.75, 3.05) is 6.61 Å². The van der Waals surface area contributed by atoms with Gasteiger partial charge in [0.1, 0.15) is 12.6 Å². The fourth-order valence-corrected chi connectivity index (χ4v) is 2.84. The van der Waals surface area contributed by atoms with Crippen LogP contribution < -0.4 is 0 Å². The summed E-state index contributed by atoms with van der Waals surface area (Å²) in [5.74, 6) is 5.64. The standard InChI is InChI=1S/C24H21NO/c1-19(23-16-8-10-20(18-23)11-9-17-26)25-24(21-12-4-2-5-13-21)22-14-6-3-7-15-22/h2-8,10,12-16,18,24,26H,17H2,1H3. The Labute approximate surface area is 154 Å². The first-order chi connectivity index (χ1) is 12.8. The van der Waals surface area contributed by atoms with E-state index >= 15 is 0 Å². The fraction of sp³-hybridized carbons (Fsp3) is 0.125. The predicted octanol–water partition coefficient (Wildman–Crippen LogP) is 4.63. The second kappa shape index (κ2) is 8.80. The van der Waals surface area contributed by atoms with E-state index in [1.54, 1.807) is 0 Å². The van der Waals surface area contributed by atoms with Gasteiger partial charge in [-0.15, -0.1) is 0 Å². The van der Waals surface area contributed by atoms with Crippen LogP contribution in [0, 0.1) is 11.8 Å². The fourth-order valence-electron chi connectivity index (χ4n) is 2.84. The maximum absolute atomic E-state index is 8.88. The van der Waals surface area contributed by atoms with Crippen LogP contribution in [-0.4, -0.2) is 17.4 Å². The van der Waals surface area contributed by atoms with Crippen LogP contribution in [0.25, 0.3) is 0 Å². The molecular formula is C24H21NO. The topological polar surface area (TPSA) is 32.6 Å². The second-order valence-corrected chi connectivity index (χ2v) is 5.98. The van der Waals surface area contributed by atoms with Crippen molar-refractivity contribution in [1.29, 1.82) is 0 Å². The Hall–Kier alpha value is -3.15. The molecule has 0 atom stereocenters. The summed E-state index contributed by atoms with van der Waals surface area (Å²) in [6.07, 6.45) is 0. The molecule has 0 amide bonds. The number of rotatable bonds is 4. The van der Waals surface area contributed by atoms with Crippen molar-refractivity contribution in [2.45, 2.75) is 13.0 Å². The molecular weight excluding hydrogens is 318 g/mol. The molecule has 2 nitrogen and oxygen atoms in total. The smallest absolute Gasteiger partial charge is 0.104 e. The van der Waals surface area contributed by atoms with Gasteiger partial charge < -0.3 is 5.11 Å². The molecule has 0 aliphatic rings. The molecule has 0 aliphatic carbocycles. The lowest BCUT2D eigenvalue weighted by Gasteiger charge is -2.15. The van der Waals surface area contributed by atoms with Crippen LogP contribution >= 0.6 is 0 Å². The van der Waals surface area contributed by atoms with E-state index in [9.17, 15) is 0 Å². The third-order valence-electron chi connectivity index (χ3n) is 4.15. The summed E-state index contributed by atoms with van der Waals surface area (Å²) in [5.41, 5.74) is 5.19. The van der Waals surface area contributed by atoms with Crippen molar-refractivity contribution in [3.63, 3.8) is 0 Å². The molecule has 0 saturated carbocycles. The quantitative estimate of drug-likeness (QED) is 0.545. The Morgan fingerprint density at radius 2 is 1.50 bits per heavy atom. The van der Waals surface area contributed by atoms with Crippen molar-refractivity contribution in [3.8, 4) is 11.8 Å². The lowest BCUT2D eigenvalue weighted by molar-refractivity contribution is 0.350. The Morgan fingerprint density at radius 3 is 2.08 bits per heavy atom. The van der Waals surface area contributed by atoms with E-state index in [2.05, 4.69) is 36.1 Å². The molecule has 128 valence electrons. The molecule has 0 aromatic heterocycles. The van der Waals surface area contributed by atoms with E-state index in [1.807, 2.05) is 67.6 Å². The van der Waals surface area contributed by atoms with Gasteiger partial charge in [0.15, 0.2) is 0 Å². The van der Waals surface area contributed by atoms with Crippen molar-refractivity contribution in [2.24, 2.45) is 4.99 Å². The number of nitrogens with zero attached hydrogens (tertiary/aromatic N) is 1. The van der Waals surface area contributed by atoms with Gasteiger partial charge in [-0.3, -0.25) is 4.99 Å². The van der Waals surface area contributed by atoms with E-state index in [1.165, 1.54) is 0 Å². The highest BCUT2D eigenvalue weighted by atomic mass is 16.2. The first kappa shape index (κ1) is 17.7. The molecule has 26 heavy (non-hydrogen) atoms. The van der Waals surface area contributed by atoms with Gasteiger partial charge in [0, 0.05) is 11.3 Å². The van der Waals surface area contributed by atoms with Gasteiger partial charge in [0.25, 0.3) is 0 Å². The molecule has 0 fully saturated rings. The molecule has 0 aliphatic heterocycles.